The van der Waals surface area contributed by atoms with Crippen LogP contribution in [0.3, 0.4) is 0 Å². The number of carbonyl (C=O) groups is 1. The maximum atomic E-state index is 13.1. The number of hydrogen-bond donors (Lipinski definition) is 1. The molecule has 1 N–H and O–H groups in total. The van der Waals surface area contributed by atoms with Gasteiger partial charge in [-0.25, -0.2) is 4.39 Å². The zero-order chi connectivity index (χ0) is 16.8. The van der Waals surface area contributed by atoms with Crippen LogP contribution in [-0.4, -0.2) is 19.6 Å². The molecule has 0 bridgehead atoms. The van der Waals surface area contributed by atoms with Crippen LogP contribution in [0.5, 0.6) is 11.5 Å². The molecule has 0 fully saturated rings. The summed E-state index contributed by atoms with van der Waals surface area (Å²) >= 11 is 0. The molecule has 0 radical (unpaired) electrons. The molecule has 0 heterocycles. The Morgan fingerprint density at radius 2 is 1.91 bits per heavy atom. The SMILES string of the molecule is COc1cc(F)ccc1NC(=O)CCOc1ccc(C)c(C)c1. The van der Waals surface area contributed by atoms with Crippen molar-refractivity contribution in [2.75, 3.05) is 19.0 Å². The first kappa shape index (κ1) is 16.8. The van der Waals surface area contributed by atoms with Crippen molar-refractivity contribution in [2.24, 2.45) is 0 Å². The number of methoxy groups -OCH3 is 1. The Hall–Kier alpha value is -2.56. The number of aryl methyl sites for hydroxylation is 2. The summed E-state index contributed by atoms with van der Waals surface area (Å²) in [6, 6.07) is 9.76. The molecule has 0 spiro atoms. The van der Waals surface area contributed by atoms with Crippen LogP contribution in [0.1, 0.15) is 17.5 Å². The Bertz CT molecular complexity index is 701. The topological polar surface area (TPSA) is 47.6 Å². The number of nitrogens with one attached hydrogen (secondary N) is 1. The fourth-order valence-electron chi connectivity index (χ4n) is 2.05. The first-order chi connectivity index (χ1) is 11.0. The van der Waals surface area contributed by atoms with Crippen LogP contribution in [0.25, 0.3) is 0 Å². The maximum absolute atomic E-state index is 13.1. The normalized spacial score (nSPS) is 10.3. The Morgan fingerprint density at radius 3 is 2.61 bits per heavy atom. The number of rotatable bonds is 6. The number of ether oxygens (including phenoxy) is 2. The summed E-state index contributed by atoms with van der Waals surface area (Å²) in [7, 11) is 1.42. The van der Waals surface area contributed by atoms with E-state index in [2.05, 4.69) is 5.32 Å². The fourth-order valence-corrected chi connectivity index (χ4v) is 2.05. The monoisotopic (exact) mass is 317 g/mol. The highest BCUT2D eigenvalue weighted by molar-refractivity contribution is 5.92. The van der Waals surface area contributed by atoms with Crippen LogP contribution in [0.2, 0.25) is 0 Å². The molecule has 23 heavy (non-hydrogen) atoms. The van der Waals surface area contributed by atoms with E-state index in [4.69, 9.17) is 9.47 Å². The molecule has 0 aliphatic rings. The predicted molar refractivity (Wildman–Crippen MR) is 87.6 cm³/mol. The van der Waals surface area contributed by atoms with Gasteiger partial charge >= 0.3 is 0 Å². The minimum atomic E-state index is -0.419. The number of benzene rings is 2. The molecule has 0 atom stereocenters. The van der Waals surface area contributed by atoms with Crippen molar-refractivity contribution in [1.29, 1.82) is 0 Å². The van der Waals surface area contributed by atoms with E-state index in [1.54, 1.807) is 0 Å². The fraction of sp³-hybridized carbons (Fsp3) is 0.278. The number of hydrogen-bond acceptors (Lipinski definition) is 3. The van der Waals surface area contributed by atoms with Gasteiger partial charge in [0.05, 0.1) is 25.8 Å². The van der Waals surface area contributed by atoms with Crippen molar-refractivity contribution >= 4 is 11.6 Å². The molecule has 0 aliphatic heterocycles. The van der Waals surface area contributed by atoms with Gasteiger partial charge in [0, 0.05) is 6.07 Å². The van der Waals surface area contributed by atoms with Gasteiger partial charge in [-0.3, -0.25) is 4.79 Å². The lowest BCUT2D eigenvalue weighted by molar-refractivity contribution is -0.116. The van der Waals surface area contributed by atoms with E-state index in [-0.39, 0.29) is 24.7 Å². The molecule has 122 valence electrons. The van der Waals surface area contributed by atoms with Crippen molar-refractivity contribution in [3.8, 4) is 11.5 Å². The zero-order valence-corrected chi connectivity index (χ0v) is 13.5. The summed E-state index contributed by atoms with van der Waals surface area (Å²) in [5.74, 6) is 0.380. The number of carbonyl (C=O) groups excluding carboxylic acids is 1. The minimum Gasteiger partial charge on any atom is -0.494 e. The molecule has 0 aliphatic carbocycles. The van der Waals surface area contributed by atoms with Crippen molar-refractivity contribution in [3.63, 3.8) is 0 Å². The molecule has 1 amide bonds. The summed E-state index contributed by atoms with van der Waals surface area (Å²) < 4.78 is 23.7. The van der Waals surface area contributed by atoms with Crippen molar-refractivity contribution in [1.82, 2.24) is 0 Å². The molecule has 2 aromatic carbocycles. The van der Waals surface area contributed by atoms with Gasteiger partial charge in [-0.1, -0.05) is 6.07 Å². The highest BCUT2D eigenvalue weighted by Crippen LogP contribution is 2.25. The van der Waals surface area contributed by atoms with Gasteiger partial charge in [0.2, 0.25) is 5.91 Å². The lowest BCUT2D eigenvalue weighted by Gasteiger charge is -2.11. The van der Waals surface area contributed by atoms with Crippen molar-refractivity contribution in [3.05, 3.63) is 53.3 Å². The van der Waals surface area contributed by atoms with Crippen LogP contribution in [0, 0.1) is 19.7 Å². The molecule has 0 aromatic heterocycles. The largest absolute Gasteiger partial charge is 0.494 e. The highest BCUT2D eigenvalue weighted by atomic mass is 19.1. The summed E-state index contributed by atoms with van der Waals surface area (Å²) in [6.07, 6.45) is 0.188. The molecule has 4 nitrogen and oxygen atoms in total. The third-order valence-corrected chi connectivity index (χ3v) is 3.51. The van der Waals surface area contributed by atoms with Gasteiger partial charge < -0.3 is 14.8 Å². The van der Waals surface area contributed by atoms with Crippen molar-refractivity contribution < 1.29 is 18.7 Å². The van der Waals surface area contributed by atoms with E-state index in [1.807, 2.05) is 32.0 Å². The van der Waals surface area contributed by atoms with Crippen LogP contribution in [0.4, 0.5) is 10.1 Å². The van der Waals surface area contributed by atoms with E-state index in [0.717, 1.165) is 11.3 Å². The first-order valence-electron chi connectivity index (χ1n) is 7.33. The second kappa shape index (κ2) is 7.63. The molecule has 0 saturated heterocycles. The molecule has 5 heteroatoms. The van der Waals surface area contributed by atoms with Crippen molar-refractivity contribution in [2.45, 2.75) is 20.3 Å². The second-order valence-electron chi connectivity index (χ2n) is 5.24. The Kier molecular flexibility index (Phi) is 5.57. The molecule has 0 unspecified atom stereocenters. The summed E-state index contributed by atoms with van der Waals surface area (Å²) in [5, 5.41) is 2.68. The maximum Gasteiger partial charge on any atom is 0.227 e. The standard InChI is InChI=1S/C18H20FNO3/c1-12-4-6-15(10-13(12)2)23-9-8-18(21)20-16-7-5-14(19)11-17(16)22-3/h4-7,10-11H,8-9H2,1-3H3,(H,20,21). The van der Waals surface area contributed by atoms with E-state index < -0.39 is 5.82 Å². The van der Waals surface area contributed by atoms with Gasteiger partial charge in [-0.05, 0) is 49.2 Å². The second-order valence-corrected chi connectivity index (χ2v) is 5.24. The average molecular weight is 317 g/mol. The van der Waals surface area contributed by atoms with Gasteiger partial charge in [-0.15, -0.1) is 0 Å². The van der Waals surface area contributed by atoms with Crippen LogP contribution < -0.4 is 14.8 Å². The predicted octanol–water partition coefficient (Wildman–Crippen LogP) is 3.86. The van der Waals surface area contributed by atoms with Crippen LogP contribution in [-0.2, 0) is 4.79 Å². The van der Waals surface area contributed by atoms with E-state index in [0.29, 0.717) is 5.69 Å². The lowest BCUT2D eigenvalue weighted by Crippen LogP contribution is -2.15. The quantitative estimate of drug-likeness (QED) is 0.880. The third-order valence-electron chi connectivity index (χ3n) is 3.51. The van der Waals surface area contributed by atoms with E-state index in [9.17, 15) is 9.18 Å². The Morgan fingerprint density at radius 1 is 1.13 bits per heavy atom. The zero-order valence-electron chi connectivity index (χ0n) is 13.5. The smallest absolute Gasteiger partial charge is 0.227 e. The highest BCUT2D eigenvalue weighted by Gasteiger charge is 2.09. The van der Waals surface area contributed by atoms with Gasteiger partial charge in [0.1, 0.15) is 17.3 Å². The Labute approximate surface area is 135 Å². The molecule has 0 saturated carbocycles. The third kappa shape index (κ3) is 4.71. The Balaban J connectivity index is 1.87. The number of amides is 1. The van der Waals surface area contributed by atoms with Gasteiger partial charge in [0.15, 0.2) is 0 Å². The number of anilines is 1. The first-order valence-corrected chi connectivity index (χ1v) is 7.33. The molecular weight excluding hydrogens is 297 g/mol. The summed E-state index contributed by atoms with van der Waals surface area (Å²) in [6.45, 7) is 4.30. The average Bonchev–Trinajstić information content (AvgIpc) is 2.52. The number of halogens is 1. The summed E-state index contributed by atoms with van der Waals surface area (Å²) in [4.78, 5) is 11.9. The molecule has 2 aromatic rings. The lowest BCUT2D eigenvalue weighted by atomic mass is 10.1. The van der Waals surface area contributed by atoms with E-state index in [1.165, 1.54) is 30.9 Å². The van der Waals surface area contributed by atoms with Gasteiger partial charge in [0.25, 0.3) is 0 Å². The van der Waals surface area contributed by atoms with Gasteiger partial charge in [-0.2, -0.15) is 0 Å². The minimum absolute atomic E-state index is 0.188. The van der Waals surface area contributed by atoms with Crippen LogP contribution in [0.15, 0.2) is 36.4 Å². The molecular formula is C18H20FNO3. The summed E-state index contributed by atoms with van der Waals surface area (Å²) in [5.41, 5.74) is 2.77. The molecule has 2 rings (SSSR count). The van der Waals surface area contributed by atoms with E-state index >= 15 is 0 Å². The van der Waals surface area contributed by atoms with Crippen LogP contribution >= 0.6 is 0 Å².